The average Bonchev–Trinajstić information content (AvgIpc) is 2.69. The Kier molecular flexibility index (Phi) is 4.69. The third kappa shape index (κ3) is 2.98. The first-order chi connectivity index (χ1) is 12.8. The van der Waals surface area contributed by atoms with Crippen molar-refractivity contribution in [3.05, 3.63) is 83.0 Å². The molecule has 0 atom stereocenters. The molecule has 3 aromatic carbocycles. The normalized spacial score (nSPS) is 11.1. The van der Waals surface area contributed by atoms with Crippen molar-refractivity contribution in [2.24, 2.45) is 0 Å². The first-order valence-corrected chi connectivity index (χ1v) is 9.83. The predicted molar refractivity (Wildman–Crippen MR) is 109 cm³/mol. The number of hydrogen-bond donors (Lipinski definition) is 1. The number of benzene rings is 3. The van der Waals surface area contributed by atoms with Crippen LogP contribution in [0.2, 0.25) is 0 Å². The van der Waals surface area contributed by atoms with Gasteiger partial charge in [0.15, 0.2) is 14.3 Å². The Bertz CT molecular complexity index is 1070. The number of ether oxygens (including phenoxy) is 1. The van der Waals surface area contributed by atoms with Gasteiger partial charge in [-0.15, -0.1) is 0 Å². The van der Waals surface area contributed by atoms with Gasteiger partial charge in [0.2, 0.25) is 5.43 Å². The Labute approximate surface area is 154 Å². The van der Waals surface area contributed by atoms with E-state index in [1.54, 1.807) is 0 Å². The highest BCUT2D eigenvalue weighted by Crippen LogP contribution is 2.43. The van der Waals surface area contributed by atoms with Gasteiger partial charge in [0.05, 0.1) is 17.4 Å². The van der Waals surface area contributed by atoms with Crippen LogP contribution >= 0.6 is 10.5 Å². The van der Waals surface area contributed by atoms with Crippen LogP contribution in [0.15, 0.2) is 77.6 Å². The molecule has 0 fully saturated rings. The summed E-state index contributed by atoms with van der Waals surface area (Å²) >= 11 is 0. The Morgan fingerprint density at radius 3 is 2.15 bits per heavy atom. The minimum Gasteiger partial charge on any atom is -0.493 e. The fourth-order valence-corrected chi connectivity index (χ4v) is 5.51. The van der Waals surface area contributed by atoms with Crippen LogP contribution in [-0.2, 0) is 0 Å². The lowest BCUT2D eigenvalue weighted by Gasteiger charge is -2.06. The molecule has 1 aromatic heterocycles. The zero-order chi connectivity index (χ0) is 17.9. The van der Waals surface area contributed by atoms with E-state index < -0.39 is 0 Å². The molecule has 0 aliphatic carbocycles. The van der Waals surface area contributed by atoms with E-state index in [-0.39, 0.29) is 22.5 Å². The number of aliphatic hydroxyl groups excluding tert-OH is 1. The first kappa shape index (κ1) is 16.8. The van der Waals surface area contributed by atoms with Gasteiger partial charge in [0.1, 0.15) is 5.75 Å². The zero-order valence-corrected chi connectivity index (χ0v) is 15.0. The smallest absolute Gasteiger partial charge is 0.203 e. The number of aliphatic hydroxyl groups is 1. The third-order valence-electron chi connectivity index (χ3n) is 4.32. The SMILES string of the molecule is O=c1c2ccccc2[s+](-c2cccc(OCCCO)c2)c2ccccc12. The van der Waals surface area contributed by atoms with Crippen LogP contribution in [0.3, 0.4) is 0 Å². The van der Waals surface area contributed by atoms with E-state index in [0.29, 0.717) is 13.0 Å². The van der Waals surface area contributed by atoms with Gasteiger partial charge in [-0.05, 0) is 36.4 Å². The molecule has 0 aliphatic rings. The summed E-state index contributed by atoms with van der Waals surface area (Å²) < 4.78 is 7.87. The number of hydrogen-bond acceptors (Lipinski definition) is 3. The lowest BCUT2D eigenvalue weighted by molar-refractivity contribution is 0.233. The van der Waals surface area contributed by atoms with Gasteiger partial charge in [-0.2, -0.15) is 0 Å². The Hall–Kier alpha value is -2.69. The second-order valence-electron chi connectivity index (χ2n) is 6.03. The van der Waals surface area contributed by atoms with E-state index in [1.165, 1.54) is 0 Å². The summed E-state index contributed by atoms with van der Waals surface area (Å²) in [6, 6.07) is 23.8. The summed E-state index contributed by atoms with van der Waals surface area (Å²) in [5.74, 6) is 0.787. The van der Waals surface area contributed by atoms with Crippen LogP contribution < -0.4 is 10.2 Å². The minimum absolute atomic E-state index is 0.0929. The topological polar surface area (TPSA) is 46.5 Å². The Balaban J connectivity index is 1.97. The largest absolute Gasteiger partial charge is 0.493 e. The second kappa shape index (κ2) is 7.28. The quantitative estimate of drug-likeness (QED) is 0.313. The molecule has 0 spiro atoms. The molecular formula is C22H19O3S+. The van der Waals surface area contributed by atoms with Crippen LogP contribution in [-0.4, -0.2) is 18.3 Å². The molecule has 26 heavy (non-hydrogen) atoms. The summed E-state index contributed by atoms with van der Waals surface area (Å²) in [5.41, 5.74) is 0.0929. The van der Waals surface area contributed by atoms with Crippen LogP contribution in [0.5, 0.6) is 5.75 Å². The van der Waals surface area contributed by atoms with Gasteiger partial charge < -0.3 is 9.84 Å². The molecule has 4 heteroatoms. The highest BCUT2D eigenvalue weighted by molar-refractivity contribution is 7.49. The number of rotatable bonds is 5. The molecule has 0 saturated carbocycles. The second-order valence-corrected chi connectivity index (χ2v) is 7.99. The van der Waals surface area contributed by atoms with Crippen molar-refractivity contribution in [1.29, 1.82) is 0 Å². The van der Waals surface area contributed by atoms with Gasteiger partial charge in [-0.3, -0.25) is 4.79 Å². The predicted octanol–water partition coefficient (Wildman–Crippen LogP) is 4.85. The monoisotopic (exact) mass is 363 g/mol. The molecule has 0 amide bonds. The fraction of sp³-hybridized carbons (Fsp3) is 0.136. The molecule has 4 aromatic rings. The standard InChI is InChI=1S/C22H19O3S/c23-13-6-14-25-16-7-5-8-17(15-16)26-20-11-3-1-9-18(20)22(24)19-10-2-4-12-21(19)26/h1-5,7-12,15,23H,6,13-14H2/q+1. The highest BCUT2D eigenvalue weighted by Gasteiger charge is 2.22. The summed E-state index contributed by atoms with van der Waals surface area (Å²) in [6.07, 6.45) is 0.607. The molecule has 1 heterocycles. The van der Waals surface area contributed by atoms with Gasteiger partial charge in [0, 0.05) is 29.6 Å². The van der Waals surface area contributed by atoms with E-state index in [4.69, 9.17) is 9.84 Å². The van der Waals surface area contributed by atoms with Gasteiger partial charge >= 0.3 is 0 Å². The highest BCUT2D eigenvalue weighted by atomic mass is 32.2. The van der Waals surface area contributed by atoms with E-state index in [1.807, 2.05) is 66.7 Å². The molecule has 1 N–H and O–H groups in total. The van der Waals surface area contributed by atoms with E-state index in [0.717, 1.165) is 30.8 Å². The van der Waals surface area contributed by atoms with Crippen molar-refractivity contribution in [1.82, 2.24) is 0 Å². The zero-order valence-electron chi connectivity index (χ0n) is 14.2. The fourth-order valence-electron chi connectivity index (χ4n) is 3.13. The Morgan fingerprint density at radius 2 is 1.50 bits per heavy atom. The molecule has 0 radical (unpaired) electrons. The molecular weight excluding hydrogens is 344 g/mol. The van der Waals surface area contributed by atoms with E-state index in [2.05, 4.69) is 6.07 Å². The number of fused-ring (bicyclic) bond motifs is 2. The van der Waals surface area contributed by atoms with E-state index >= 15 is 0 Å². The van der Waals surface area contributed by atoms with Crippen LogP contribution in [0.25, 0.3) is 25.1 Å². The molecule has 0 aliphatic heterocycles. The molecule has 0 unspecified atom stereocenters. The maximum Gasteiger partial charge on any atom is 0.203 e. The van der Waals surface area contributed by atoms with Gasteiger partial charge in [0.25, 0.3) is 0 Å². The molecule has 130 valence electrons. The van der Waals surface area contributed by atoms with Crippen LogP contribution in [0, 0.1) is 0 Å². The third-order valence-corrected chi connectivity index (χ3v) is 6.63. The van der Waals surface area contributed by atoms with Crippen molar-refractivity contribution in [2.45, 2.75) is 6.42 Å². The van der Waals surface area contributed by atoms with Crippen molar-refractivity contribution in [2.75, 3.05) is 13.2 Å². The van der Waals surface area contributed by atoms with Crippen molar-refractivity contribution < 1.29 is 9.84 Å². The molecule has 0 bridgehead atoms. The first-order valence-electron chi connectivity index (χ1n) is 8.60. The van der Waals surface area contributed by atoms with Crippen molar-refractivity contribution >= 4 is 30.6 Å². The van der Waals surface area contributed by atoms with E-state index in [9.17, 15) is 4.79 Å². The maximum atomic E-state index is 12.9. The molecule has 4 rings (SSSR count). The molecule has 0 saturated heterocycles. The lowest BCUT2D eigenvalue weighted by Crippen LogP contribution is -2.02. The summed E-state index contributed by atoms with van der Waals surface area (Å²) in [4.78, 5) is 14.0. The van der Waals surface area contributed by atoms with Gasteiger partial charge in [-0.25, -0.2) is 0 Å². The maximum absolute atomic E-state index is 12.9. The summed E-state index contributed by atoms with van der Waals surface area (Å²) in [7, 11) is -0.346. The Morgan fingerprint density at radius 1 is 0.846 bits per heavy atom. The van der Waals surface area contributed by atoms with Gasteiger partial charge in [-0.1, -0.05) is 30.3 Å². The van der Waals surface area contributed by atoms with Crippen LogP contribution in [0.4, 0.5) is 0 Å². The summed E-state index contributed by atoms with van der Waals surface area (Å²) in [5, 5.41) is 10.5. The lowest BCUT2D eigenvalue weighted by atomic mass is 10.2. The molecule has 3 nitrogen and oxygen atoms in total. The summed E-state index contributed by atoms with van der Waals surface area (Å²) in [6.45, 7) is 0.603. The van der Waals surface area contributed by atoms with Crippen molar-refractivity contribution in [3.8, 4) is 10.6 Å². The average molecular weight is 363 g/mol. The van der Waals surface area contributed by atoms with Crippen LogP contribution in [0.1, 0.15) is 6.42 Å². The van der Waals surface area contributed by atoms with Crippen molar-refractivity contribution in [3.63, 3.8) is 0 Å². The minimum atomic E-state index is -0.346.